The maximum Gasteiger partial charge on any atom is 0.399 e. The molecule has 5 aliphatic heterocycles. The van der Waals surface area contributed by atoms with E-state index in [0.717, 1.165) is 68.6 Å². The fraction of sp³-hybridized carbons (Fsp3) is 0.590. The smallest absolute Gasteiger partial charge is 0.399 e. The Labute approximate surface area is 477 Å². The van der Waals surface area contributed by atoms with E-state index < -0.39 is 20.8 Å². The summed E-state index contributed by atoms with van der Waals surface area (Å²) in [5.41, 5.74) is 15.6. The molecule has 0 amide bonds. The first-order valence-electron chi connectivity index (χ1n) is 28.2. The van der Waals surface area contributed by atoms with Gasteiger partial charge in [-0.05, 0) is 170 Å². The predicted octanol–water partition coefficient (Wildman–Crippen LogP) is 7.13. The summed E-state index contributed by atoms with van der Waals surface area (Å²) in [5.74, 6) is 0. The number of aliphatic hydroxyl groups is 1. The van der Waals surface area contributed by atoms with Crippen LogP contribution in [0.25, 0.3) is 0 Å². The lowest BCUT2D eigenvalue weighted by atomic mass is 10.1. The van der Waals surface area contributed by atoms with Gasteiger partial charge in [0.1, 0.15) is 19.4 Å². The van der Waals surface area contributed by atoms with Crippen LogP contribution in [-0.2, 0) is 53.0 Å². The third-order valence-electron chi connectivity index (χ3n) is 15.5. The number of likely N-dealkylation sites (tertiary alicyclic amines) is 3. The van der Waals surface area contributed by atoms with E-state index in [-0.39, 0.29) is 32.2 Å². The van der Waals surface area contributed by atoms with Gasteiger partial charge in [0, 0.05) is 68.4 Å². The van der Waals surface area contributed by atoms with Gasteiger partial charge in [0.15, 0.2) is 0 Å². The van der Waals surface area contributed by atoms with Gasteiger partial charge in [0.05, 0.1) is 59.1 Å². The number of benzene rings is 4. The highest BCUT2D eigenvalue weighted by Crippen LogP contribution is 2.27. The molecule has 0 spiro atoms. The number of halogens is 1. The first-order valence-corrected chi connectivity index (χ1v) is 30.9. The Morgan fingerprint density at radius 1 is 0.603 bits per heavy atom. The summed E-state index contributed by atoms with van der Waals surface area (Å²) in [6.07, 6.45) is 13.7. The number of hydrogen-bond donors (Lipinski definition) is 2. The van der Waals surface area contributed by atoms with Crippen molar-refractivity contribution in [3.8, 4) is 0 Å². The molecule has 9 rings (SSSR count). The Morgan fingerprint density at radius 2 is 1.03 bits per heavy atom. The lowest BCUT2D eigenvalue weighted by molar-refractivity contribution is -0.930. The van der Waals surface area contributed by atoms with Crippen LogP contribution >= 0.6 is 0 Å². The largest absolute Gasteiger partial charge is 1.00 e. The zero-order chi connectivity index (χ0) is 56.3. The molecule has 5 heterocycles. The van der Waals surface area contributed by atoms with Crippen LogP contribution in [0.15, 0.2) is 72.8 Å². The van der Waals surface area contributed by atoms with E-state index in [9.17, 15) is 26.2 Å². The Bertz CT molecular complexity index is 2590. The van der Waals surface area contributed by atoms with Gasteiger partial charge in [-0.3, -0.25) is 13.9 Å². The molecule has 5 saturated heterocycles. The number of quaternary nitrogens is 2. The lowest BCUT2D eigenvalue weighted by Crippen LogP contribution is -3.00. The van der Waals surface area contributed by atoms with Crippen LogP contribution in [0.5, 0.6) is 0 Å². The second-order valence-corrected chi connectivity index (χ2v) is 24.3. The van der Waals surface area contributed by atoms with Crippen molar-refractivity contribution in [2.24, 2.45) is 0 Å². The van der Waals surface area contributed by atoms with Crippen molar-refractivity contribution in [3.63, 3.8) is 0 Å². The van der Waals surface area contributed by atoms with Crippen molar-refractivity contribution < 1.29 is 65.2 Å². The van der Waals surface area contributed by atoms with E-state index in [1.165, 1.54) is 156 Å². The summed E-state index contributed by atoms with van der Waals surface area (Å²) in [5, 5.41) is 12.3. The lowest BCUT2D eigenvalue weighted by Gasteiger charge is -2.34. The first-order chi connectivity index (χ1) is 36.6. The van der Waals surface area contributed by atoms with E-state index >= 15 is 0 Å². The van der Waals surface area contributed by atoms with Crippen LogP contribution in [0.3, 0.4) is 0 Å². The number of carbonyl (C=O) groups is 1. The molecule has 17 heteroatoms. The second kappa shape index (κ2) is 35.3. The summed E-state index contributed by atoms with van der Waals surface area (Å²) in [6.45, 7) is 32.9. The van der Waals surface area contributed by atoms with Crippen LogP contribution in [0.2, 0.25) is 0 Å². The molecule has 0 saturated carbocycles. The zero-order valence-electron chi connectivity index (χ0n) is 48.5. The van der Waals surface area contributed by atoms with Crippen molar-refractivity contribution >= 4 is 27.1 Å². The van der Waals surface area contributed by atoms with Crippen LogP contribution in [0.4, 0.5) is 0 Å². The van der Waals surface area contributed by atoms with Crippen molar-refractivity contribution in [2.45, 2.75) is 146 Å². The molecule has 5 fully saturated rings. The standard InChI is InChI=1S/C16H25NO4S.C16H26NO.C13H19N.C9H10O.C4H9N.C3H6O4S.ClH/c1-14-6-7-16(12-15(14)2)13-17(8-3-4-9-17)10-5-11-21-22(18,19)20;1-14-6-7-16(12-15(14)2)13-17(10-5-11-18)8-3-4-9-17;1-11-5-6-13(9-12(11)2)10-14-7-3-4-8-14;1-7-3-4-9(6-10)5-8(7)2;1-2-4-5-3-1;4-8(5)6-2-1-3-7-8;/h6-7,12H,3-5,8-11,13H2,1-2H3;6-7,12,18H,3-5,8-11,13H2,1-2H3;5-6,9H,3-4,7-8,10H2,1-2H3;3-6H,1-2H3;5H,1-4H2;1-3H2;1H/q;+1;;;;;/p-1. The van der Waals surface area contributed by atoms with Gasteiger partial charge in [-0.2, -0.15) is 8.42 Å². The topological polar surface area (TPSA) is 172 Å². The summed E-state index contributed by atoms with van der Waals surface area (Å²) in [4.78, 5) is 12.8. The van der Waals surface area contributed by atoms with E-state index in [1.54, 1.807) is 0 Å². The monoisotopic (exact) mass is 1140 g/mol. The molecular formula is C61H95ClN4O10S2. The highest BCUT2D eigenvalue weighted by atomic mass is 35.5. The minimum Gasteiger partial charge on any atom is -1.00 e. The van der Waals surface area contributed by atoms with Gasteiger partial charge in [-0.1, -0.05) is 66.7 Å². The highest BCUT2D eigenvalue weighted by Gasteiger charge is 2.33. The van der Waals surface area contributed by atoms with Gasteiger partial charge < -0.3 is 36.3 Å². The van der Waals surface area contributed by atoms with Gasteiger partial charge in [-0.25, -0.2) is 16.8 Å². The average molecular weight is 1140 g/mol. The third kappa shape index (κ3) is 26.3. The van der Waals surface area contributed by atoms with Crippen LogP contribution in [0.1, 0.15) is 142 Å². The number of nitrogens with one attached hydrogen (secondary N) is 1. The van der Waals surface area contributed by atoms with Crippen LogP contribution in [-0.4, -0.2) is 139 Å². The van der Waals surface area contributed by atoms with Gasteiger partial charge in [-0.15, -0.1) is 0 Å². The average Bonchev–Trinajstić information content (AvgIpc) is 4.27. The maximum atomic E-state index is 10.5. The minimum absolute atomic E-state index is 0. The van der Waals surface area contributed by atoms with E-state index in [2.05, 4.69) is 119 Å². The number of hydrogen-bond acceptors (Lipinski definition) is 12. The molecule has 4 aromatic carbocycles. The van der Waals surface area contributed by atoms with Crippen LogP contribution < -0.4 is 17.7 Å². The molecule has 0 radical (unpaired) electrons. The van der Waals surface area contributed by atoms with Gasteiger partial charge >= 0.3 is 10.4 Å². The van der Waals surface area contributed by atoms with Gasteiger partial charge in [0.2, 0.25) is 10.4 Å². The molecule has 0 aromatic heterocycles. The molecule has 14 nitrogen and oxygen atoms in total. The maximum absolute atomic E-state index is 10.5. The van der Waals surface area contributed by atoms with Crippen molar-refractivity contribution in [2.75, 3.05) is 91.9 Å². The fourth-order valence-corrected chi connectivity index (χ4v) is 11.5. The number of aliphatic hydroxyl groups excluding tert-OH is 1. The second-order valence-electron chi connectivity index (χ2n) is 22.0. The molecular weight excluding hydrogens is 1050 g/mol. The molecule has 4 aromatic rings. The number of aldehydes is 1. The van der Waals surface area contributed by atoms with Crippen molar-refractivity contribution in [3.05, 3.63) is 140 Å². The number of carbonyl (C=O) groups excluding carboxylic acids is 1. The Kier molecular flexibility index (Phi) is 31.1. The minimum atomic E-state index is -4.57. The number of rotatable bonds is 15. The fourth-order valence-electron chi connectivity index (χ4n) is 10.5. The Hall–Kier alpha value is -3.62. The molecule has 0 bridgehead atoms. The van der Waals surface area contributed by atoms with Gasteiger partial charge in [0.25, 0.3) is 0 Å². The molecule has 78 heavy (non-hydrogen) atoms. The number of nitrogens with zero attached hydrogens (tertiary/aromatic N) is 3. The summed E-state index contributed by atoms with van der Waals surface area (Å²) >= 11 is 0. The Morgan fingerprint density at radius 3 is 1.40 bits per heavy atom. The zero-order valence-corrected chi connectivity index (χ0v) is 50.9. The predicted molar refractivity (Wildman–Crippen MR) is 309 cm³/mol. The molecule has 5 aliphatic rings. The molecule has 0 atom stereocenters. The summed E-state index contributed by atoms with van der Waals surface area (Å²) in [7, 11) is -8.15. The van der Waals surface area contributed by atoms with E-state index in [0.29, 0.717) is 19.4 Å². The van der Waals surface area contributed by atoms with Crippen LogP contribution in [0, 0.1) is 55.4 Å². The van der Waals surface area contributed by atoms with Crippen molar-refractivity contribution in [1.29, 1.82) is 0 Å². The van der Waals surface area contributed by atoms with E-state index in [1.807, 2.05) is 32.0 Å². The SMILES string of the molecule is C1CCNC1.Cc1ccc(C=O)cc1C.Cc1ccc(CN2CCCC2)cc1C.Cc1ccc(C[N+]2(CCCO)CCCC2)cc1C.Cc1ccc(C[N+]2(CCCOS(=O)(=O)[O-])CCCC2)cc1C.O=S1(=O)OCCCO1.[Cl-]. The molecule has 0 unspecified atom stereocenters. The third-order valence-corrected chi connectivity index (χ3v) is 16.9. The van der Waals surface area contributed by atoms with Crippen molar-refractivity contribution in [1.82, 2.24) is 10.2 Å². The normalized spacial score (nSPS) is 17.9. The first kappa shape index (κ1) is 68.7. The molecule has 0 aliphatic carbocycles. The Balaban J connectivity index is 0.000000258. The summed E-state index contributed by atoms with van der Waals surface area (Å²) in [6, 6.07) is 25.9. The molecule has 2 N–H and O–H groups in total. The van der Waals surface area contributed by atoms with E-state index in [4.69, 9.17) is 5.11 Å². The number of aryl methyl sites for hydroxylation is 8. The quantitative estimate of drug-likeness (QED) is 0.0406. The highest BCUT2D eigenvalue weighted by molar-refractivity contribution is 7.81. The molecule has 438 valence electrons. The summed E-state index contributed by atoms with van der Waals surface area (Å²) < 4.78 is 66.8.